The first-order valence-corrected chi connectivity index (χ1v) is 9.13. The molecule has 1 N–H and O–H groups in total. The molecular weight excluding hydrogens is 348 g/mol. The molecule has 2 aromatic heterocycles. The fraction of sp³-hybridized carbons (Fsp3) is 0.286. The summed E-state index contributed by atoms with van der Waals surface area (Å²) < 4.78 is 11.0. The summed E-state index contributed by atoms with van der Waals surface area (Å²) in [6, 6.07) is 12.0. The van der Waals surface area contributed by atoms with Gasteiger partial charge in [-0.3, -0.25) is 0 Å². The minimum Gasteiger partial charge on any atom is -0.476 e. The first kappa shape index (κ1) is 18.5. The van der Waals surface area contributed by atoms with Crippen LogP contribution in [0.25, 0.3) is 22.1 Å². The molecule has 0 saturated carbocycles. The van der Waals surface area contributed by atoms with E-state index < -0.39 is 0 Å². The van der Waals surface area contributed by atoms with Crippen molar-refractivity contribution in [2.24, 2.45) is 0 Å². The molecule has 0 aliphatic rings. The minimum atomic E-state index is 0.411. The van der Waals surface area contributed by atoms with E-state index in [4.69, 9.17) is 20.8 Å². The molecule has 0 fully saturated rings. The second kappa shape index (κ2) is 8.39. The van der Waals surface area contributed by atoms with Gasteiger partial charge in [-0.2, -0.15) is 0 Å². The van der Waals surface area contributed by atoms with Crippen LogP contribution < -0.4 is 10.1 Å². The van der Waals surface area contributed by atoms with Gasteiger partial charge < -0.3 is 14.5 Å². The van der Waals surface area contributed by atoms with Gasteiger partial charge in [0.05, 0.1) is 0 Å². The van der Waals surface area contributed by atoms with Gasteiger partial charge >= 0.3 is 0 Å². The fourth-order valence-corrected chi connectivity index (χ4v) is 3.20. The van der Waals surface area contributed by atoms with Crippen molar-refractivity contribution in [3.8, 4) is 5.88 Å². The van der Waals surface area contributed by atoms with Crippen molar-refractivity contribution in [3.63, 3.8) is 0 Å². The molecule has 2 heterocycles. The number of furan rings is 1. The Morgan fingerprint density at radius 2 is 2.00 bits per heavy atom. The average molecular weight is 371 g/mol. The first-order valence-electron chi connectivity index (χ1n) is 8.75. The van der Waals surface area contributed by atoms with E-state index in [-0.39, 0.29) is 0 Å². The molecule has 0 unspecified atom stereocenters. The van der Waals surface area contributed by atoms with Crippen LogP contribution in [-0.4, -0.2) is 25.2 Å². The predicted molar refractivity (Wildman–Crippen MR) is 108 cm³/mol. The zero-order valence-corrected chi connectivity index (χ0v) is 16.1. The van der Waals surface area contributed by atoms with E-state index in [1.54, 1.807) is 0 Å². The molecule has 26 heavy (non-hydrogen) atoms. The van der Waals surface area contributed by atoms with Crippen LogP contribution in [0.3, 0.4) is 0 Å². The Bertz CT molecular complexity index is 913. The molecule has 3 rings (SSSR count). The van der Waals surface area contributed by atoms with Gasteiger partial charge in [0.1, 0.15) is 12.2 Å². The Hall–Kier alpha value is -2.30. The van der Waals surface area contributed by atoms with Gasteiger partial charge in [0, 0.05) is 30.3 Å². The van der Waals surface area contributed by atoms with Crippen molar-refractivity contribution < 1.29 is 9.15 Å². The lowest BCUT2D eigenvalue weighted by molar-refractivity contribution is 0.306. The molecule has 0 aliphatic carbocycles. The van der Waals surface area contributed by atoms with Crippen molar-refractivity contribution in [2.45, 2.75) is 20.3 Å². The molecule has 0 spiro atoms. The van der Waals surface area contributed by atoms with Crippen LogP contribution >= 0.6 is 11.6 Å². The Balaban J connectivity index is 1.89. The molecule has 0 radical (unpaired) electrons. The van der Waals surface area contributed by atoms with Gasteiger partial charge in [-0.05, 0) is 72.5 Å². The lowest BCUT2D eigenvalue weighted by Gasteiger charge is -2.12. The molecule has 0 amide bonds. The third-order valence-electron chi connectivity index (χ3n) is 4.41. The third kappa shape index (κ3) is 4.09. The van der Waals surface area contributed by atoms with Gasteiger partial charge in [0.15, 0.2) is 5.22 Å². The van der Waals surface area contributed by atoms with E-state index in [1.807, 2.05) is 31.4 Å². The standard InChI is InChI=1S/C21H23ClN2O2/c1-4-18(15-5-7-19-17(11-15)12-20(22)26-19)14(2)16-6-8-21(24-13-16)25-10-9-23-3/h5-8,11-13,23H,4,9-10H2,1-3H3/b18-14-. The number of hydrogen-bond donors (Lipinski definition) is 1. The zero-order chi connectivity index (χ0) is 18.5. The number of nitrogens with zero attached hydrogens (tertiary/aromatic N) is 1. The first-order chi connectivity index (χ1) is 12.6. The van der Waals surface area contributed by atoms with Gasteiger partial charge in [0.25, 0.3) is 0 Å². The maximum atomic E-state index is 5.96. The normalized spacial score (nSPS) is 12.3. The van der Waals surface area contributed by atoms with E-state index in [2.05, 4.69) is 42.3 Å². The topological polar surface area (TPSA) is 47.3 Å². The maximum Gasteiger partial charge on any atom is 0.213 e. The van der Waals surface area contributed by atoms with E-state index in [0.29, 0.717) is 17.7 Å². The summed E-state index contributed by atoms with van der Waals surface area (Å²) in [5.41, 5.74) is 5.54. The van der Waals surface area contributed by atoms with Gasteiger partial charge in [-0.1, -0.05) is 13.0 Å². The molecule has 0 bridgehead atoms. The Kier molecular flexibility index (Phi) is 5.96. The number of nitrogens with one attached hydrogen (secondary N) is 1. The van der Waals surface area contributed by atoms with Crippen molar-refractivity contribution in [2.75, 3.05) is 20.2 Å². The zero-order valence-electron chi connectivity index (χ0n) is 15.3. The fourth-order valence-electron chi connectivity index (χ4n) is 3.00. The van der Waals surface area contributed by atoms with Crippen LogP contribution in [0.2, 0.25) is 5.22 Å². The van der Waals surface area contributed by atoms with Crippen LogP contribution in [0.4, 0.5) is 0 Å². The molecule has 0 saturated heterocycles. The Labute approximate surface area is 158 Å². The van der Waals surface area contributed by atoms with Crippen LogP contribution in [0.5, 0.6) is 5.88 Å². The van der Waals surface area contributed by atoms with Gasteiger partial charge in [-0.25, -0.2) is 4.98 Å². The molecule has 136 valence electrons. The van der Waals surface area contributed by atoms with Crippen molar-refractivity contribution >= 4 is 33.7 Å². The van der Waals surface area contributed by atoms with E-state index in [1.165, 1.54) is 16.7 Å². The molecular formula is C21H23ClN2O2. The molecule has 5 heteroatoms. The summed E-state index contributed by atoms with van der Waals surface area (Å²) in [5, 5.41) is 4.47. The molecule has 4 nitrogen and oxygen atoms in total. The van der Waals surface area contributed by atoms with Crippen LogP contribution in [0.15, 0.2) is 47.0 Å². The SMILES string of the molecule is CC/C(=C(\C)c1ccc(OCCNC)nc1)c1ccc2oc(Cl)cc2c1. The summed E-state index contributed by atoms with van der Waals surface area (Å²) in [4.78, 5) is 4.42. The van der Waals surface area contributed by atoms with Gasteiger partial charge in [0.2, 0.25) is 5.88 Å². The summed E-state index contributed by atoms with van der Waals surface area (Å²) in [6.07, 6.45) is 2.79. The lowest BCUT2D eigenvalue weighted by atomic mass is 9.94. The summed E-state index contributed by atoms with van der Waals surface area (Å²) in [7, 11) is 1.90. The highest BCUT2D eigenvalue weighted by Crippen LogP contribution is 2.32. The highest BCUT2D eigenvalue weighted by Gasteiger charge is 2.10. The molecule has 3 aromatic rings. The summed E-state index contributed by atoms with van der Waals surface area (Å²) >= 11 is 5.96. The number of hydrogen-bond acceptors (Lipinski definition) is 4. The number of pyridine rings is 1. The largest absolute Gasteiger partial charge is 0.476 e. The quantitative estimate of drug-likeness (QED) is 0.564. The van der Waals surface area contributed by atoms with Crippen molar-refractivity contribution in [1.29, 1.82) is 0 Å². The number of fused-ring (bicyclic) bond motifs is 1. The number of ether oxygens (including phenoxy) is 1. The monoisotopic (exact) mass is 370 g/mol. The van der Waals surface area contributed by atoms with Crippen molar-refractivity contribution in [3.05, 3.63) is 58.9 Å². The van der Waals surface area contributed by atoms with Crippen LogP contribution in [0, 0.1) is 0 Å². The average Bonchev–Trinajstić information content (AvgIpc) is 3.02. The van der Waals surface area contributed by atoms with E-state index in [0.717, 1.165) is 29.5 Å². The second-order valence-corrected chi connectivity index (χ2v) is 6.47. The predicted octanol–water partition coefficient (Wildman–Crippen LogP) is 5.42. The Morgan fingerprint density at radius 3 is 2.69 bits per heavy atom. The Morgan fingerprint density at radius 1 is 1.19 bits per heavy atom. The molecule has 1 aromatic carbocycles. The number of allylic oxidation sites excluding steroid dienone is 2. The number of likely N-dealkylation sites (N-methyl/N-ethyl adjacent to an activating group) is 1. The van der Waals surface area contributed by atoms with E-state index in [9.17, 15) is 0 Å². The van der Waals surface area contributed by atoms with E-state index >= 15 is 0 Å². The highest BCUT2D eigenvalue weighted by atomic mass is 35.5. The highest BCUT2D eigenvalue weighted by molar-refractivity contribution is 6.29. The smallest absolute Gasteiger partial charge is 0.213 e. The van der Waals surface area contributed by atoms with Gasteiger partial charge in [-0.15, -0.1) is 0 Å². The number of benzene rings is 1. The number of aromatic nitrogens is 1. The second-order valence-electron chi connectivity index (χ2n) is 6.10. The van der Waals surface area contributed by atoms with Crippen LogP contribution in [0.1, 0.15) is 31.4 Å². The lowest BCUT2D eigenvalue weighted by Crippen LogP contribution is -2.16. The number of halogens is 1. The number of rotatable bonds is 7. The van der Waals surface area contributed by atoms with Crippen LogP contribution in [-0.2, 0) is 0 Å². The summed E-state index contributed by atoms with van der Waals surface area (Å²) in [5.74, 6) is 0.643. The molecule has 0 atom stereocenters. The summed E-state index contributed by atoms with van der Waals surface area (Å²) in [6.45, 7) is 5.69. The van der Waals surface area contributed by atoms with Crippen molar-refractivity contribution in [1.82, 2.24) is 10.3 Å². The third-order valence-corrected chi connectivity index (χ3v) is 4.60. The minimum absolute atomic E-state index is 0.411. The molecule has 0 aliphatic heterocycles. The maximum absolute atomic E-state index is 5.96.